The lowest BCUT2D eigenvalue weighted by atomic mass is 10.1. The summed E-state index contributed by atoms with van der Waals surface area (Å²) in [6, 6.07) is 15.2. The van der Waals surface area contributed by atoms with Gasteiger partial charge < -0.3 is 10.1 Å². The third-order valence-corrected chi connectivity index (χ3v) is 3.90. The minimum atomic E-state index is 0.829. The zero-order chi connectivity index (χ0) is 13.8. The highest BCUT2D eigenvalue weighted by Crippen LogP contribution is 2.25. The molecular weight excluding hydrogens is 246 g/mol. The van der Waals surface area contributed by atoms with Crippen LogP contribution >= 0.6 is 0 Å². The highest BCUT2D eigenvalue weighted by atomic mass is 16.5. The van der Waals surface area contributed by atoms with Crippen molar-refractivity contribution < 1.29 is 4.74 Å². The van der Waals surface area contributed by atoms with Crippen LogP contribution in [0.2, 0.25) is 0 Å². The van der Waals surface area contributed by atoms with E-state index in [0.29, 0.717) is 0 Å². The largest absolute Gasteiger partial charge is 0.493 e. The second-order valence-corrected chi connectivity index (χ2v) is 5.27. The number of ether oxygens (including phenoxy) is 1. The topological polar surface area (TPSA) is 21.3 Å². The molecule has 0 aliphatic carbocycles. The Kier molecular flexibility index (Phi) is 4.03. The van der Waals surface area contributed by atoms with Crippen molar-refractivity contribution in [3.8, 4) is 5.75 Å². The predicted molar refractivity (Wildman–Crippen MR) is 82.0 cm³/mol. The zero-order valence-corrected chi connectivity index (χ0v) is 12.0. The first-order chi connectivity index (χ1) is 9.86. The molecule has 1 aliphatic heterocycles. The summed E-state index contributed by atoms with van der Waals surface area (Å²) >= 11 is 0. The minimum absolute atomic E-state index is 0.829. The average Bonchev–Trinajstić information content (AvgIpc) is 2.95. The second kappa shape index (κ2) is 6.10. The molecule has 1 heterocycles. The summed E-state index contributed by atoms with van der Waals surface area (Å²) in [6.07, 6.45) is 2.13. The fraction of sp³-hybridized carbons (Fsp3) is 0.333. The monoisotopic (exact) mass is 267 g/mol. The van der Waals surface area contributed by atoms with E-state index in [1.165, 1.54) is 22.3 Å². The van der Waals surface area contributed by atoms with Gasteiger partial charge >= 0.3 is 0 Å². The molecule has 0 atom stereocenters. The van der Waals surface area contributed by atoms with Crippen LogP contribution in [0.1, 0.15) is 29.2 Å². The van der Waals surface area contributed by atoms with E-state index < -0.39 is 0 Å². The molecule has 0 saturated heterocycles. The summed E-state index contributed by atoms with van der Waals surface area (Å²) in [5, 5.41) is 3.54. The number of aryl methyl sites for hydroxylation is 1. The molecule has 2 heteroatoms. The molecular formula is C18H21NO. The maximum Gasteiger partial charge on any atom is 0.122 e. The van der Waals surface area contributed by atoms with Gasteiger partial charge in [-0.25, -0.2) is 0 Å². The van der Waals surface area contributed by atoms with Gasteiger partial charge in [-0.1, -0.05) is 43.3 Å². The van der Waals surface area contributed by atoms with Crippen LogP contribution in [0, 0.1) is 0 Å². The van der Waals surface area contributed by atoms with Gasteiger partial charge in [0.25, 0.3) is 0 Å². The third-order valence-electron chi connectivity index (χ3n) is 3.90. The molecule has 20 heavy (non-hydrogen) atoms. The lowest BCUT2D eigenvalue weighted by Crippen LogP contribution is -2.14. The molecule has 2 aromatic rings. The molecule has 0 amide bonds. The Bertz CT molecular complexity index is 592. The van der Waals surface area contributed by atoms with Crippen molar-refractivity contribution in [3.63, 3.8) is 0 Å². The van der Waals surface area contributed by atoms with Crippen LogP contribution in [0.5, 0.6) is 5.75 Å². The molecule has 0 saturated carbocycles. The highest BCUT2D eigenvalue weighted by molar-refractivity contribution is 5.39. The van der Waals surface area contributed by atoms with Crippen molar-refractivity contribution in [3.05, 3.63) is 64.7 Å². The summed E-state index contributed by atoms with van der Waals surface area (Å²) < 4.78 is 5.54. The van der Waals surface area contributed by atoms with Crippen LogP contribution in [0.4, 0.5) is 0 Å². The SMILES string of the molecule is CCc1ccccc1CNCc1ccc2c(c1)CCO2. The van der Waals surface area contributed by atoms with Gasteiger partial charge in [-0.3, -0.25) is 0 Å². The average molecular weight is 267 g/mol. The predicted octanol–water partition coefficient (Wildman–Crippen LogP) is 3.47. The number of rotatable bonds is 5. The van der Waals surface area contributed by atoms with Gasteiger partial charge in [-0.2, -0.15) is 0 Å². The van der Waals surface area contributed by atoms with E-state index in [1.807, 2.05) is 0 Å². The van der Waals surface area contributed by atoms with E-state index in [1.54, 1.807) is 0 Å². The van der Waals surface area contributed by atoms with E-state index in [4.69, 9.17) is 4.74 Å². The summed E-state index contributed by atoms with van der Waals surface area (Å²) in [5.74, 6) is 1.06. The summed E-state index contributed by atoms with van der Waals surface area (Å²) in [5.41, 5.74) is 5.52. The number of nitrogens with one attached hydrogen (secondary N) is 1. The van der Waals surface area contributed by atoms with Crippen molar-refractivity contribution in [2.75, 3.05) is 6.61 Å². The van der Waals surface area contributed by atoms with Crippen LogP contribution < -0.4 is 10.1 Å². The van der Waals surface area contributed by atoms with Gasteiger partial charge in [-0.15, -0.1) is 0 Å². The minimum Gasteiger partial charge on any atom is -0.493 e. The molecule has 2 nitrogen and oxygen atoms in total. The number of benzene rings is 2. The van der Waals surface area contributed by atoms with Gasteiger partial charge in [0.05, 0.1) is 6.61 Å². The van der Waals surface area contributed by atoms with Crippen molar-refractivity contribution in [2.24, 2.45) is 0 Å². The quantitative estimate of drug-likeness (QED) is 0.895. The molecule has 0 radical (unpaired) electrons. The van der Waals surface area contributed by atoms with Gasteiger partial charge in [-0.05, 0) is 34.7 Å². The molecule has 2 aromatic carbocycles. The van der Waals surface area contributed by atoms with E-state index in [2.05, 4.69) is 54.7 Å². The Hall–Kier alpha value is -1.80. The van der Waals surface area contributed by atoms with Gasteiger partial charge in [0.2, 0.25) is 0 Å². The lowest BCUT2D eigenvalue weighted by molar-refractivity contribution is 0.357. The molecule has 3 rings (SSSR count). The third kappa shape index (κ3) is 2.86. The van der Waals surface area contributed by atoms with Crippen molar-refractivity contribution in [1.29, 1.82) is 0 Å². The molecule has 0 unspecified atom stereocenters. The maximum absolute atomic E-state index is 5.54. The number of hydrogen-bond acceptors (Lipinski definition) is 2. The molecule has 0 fully saturated rings. The van der Waals surface area contributed by atoms with E-state index in [9.17, 15) is 0 Å². The fourth-order valence-electron chi connectivity index (χ4n) is 2.77. The molecule has 1 N–H and O–H groups in total. The molecule has 0 aromatic heterocycles. The van der Waals surface area contributed by atoms with Crippen LogP contribution in [0.25, 0.3) is 0 Å². The normalized spacial score (nSPS) is 13.1. The summed E-state index contributed by atoms with van der Waals surface area (Å²) in [6.45, 7) is 4.87. The Morgan fingerprint density at radius 2 is 1.90 bits per heavy atom. The standard InChI is InChI=1S/C18H21NO/c1-2-15-5-3-4-6-17(15)13-19-12-14-7-8-18-16(11-14)9-10-20-18/h3-8,11,19H,2,9-10,12-13H2,1H3. The Balaban J connectivity index is 1.60. The number of hydrogen-bond donors (Lipinski definition) is 1. The van der Waals surface area contributed by atoms with Crippen LogP contribution in [0.3, 0.4) is 0 Å². The first-order valence-corrected chi connectivity index (χ1v) is 7.39. The van der Waals surface area contributed by atoms with Gasteiger partial charge in [0.15, 0.2) is 0 Å². The number of fused-ring (bicyclic) bond motifs is 1. The van der Waals surface area contributed by atoms with Crippen LogP contribution in [0.15, 0.2) is 42.5 Å². The van der Waals surface area contributed by atoms with Crippen molar-refractivity contribution in [1.82, 2.24) is 5.32 Å². The smallest absolute Gasteiger partial charge is 0.122 e. The maximum atomic E-state index is 5.54. The first kappa shape index (κ1) is 13.2. The molecule has 0 bridgehead atoms. The highest BCUT2D eigenvalue weighted by Gasteiger charge is 2.11. The Morgan fingerprint density at radius 3 is 2.75 bits per heavy atom. The van der Waals surface area contributed by atoms with Crippen LogP contribution in [-0.2, 0) is 25.9 Å². The van der Waals surface area contributed by atoms with E-state index >= 15 is 0 Å². The lowest BCUT2D eigenvalue weighted by Gasteiger charge is -2.10. The zero-order valence-electron chi connectivity index (χ0n) is 12.0. The fourth-order valence-corrected chi connectivity index (χ4v) is 2.77. The molecule has 1 aliphatic rings. The Morgan fingerprint density at radius 1 is 1.05 bits per heavy atom. The molecule has 104 valence electrons. The van der Waals surface area contributed by atoms with Crippen molar-refractivity contribution in [2.45, 2.75) is 32.9 Å². The van der Waals surface area contributed by atoms with Crippen LogP contribution in [-0.4, -0.2) is 6.61 Å². The summed E-state index contributed by atoms with van der Waals surface area (Å²) in [4.78, 5) is 0. The van der Waals surface area contributed by atoms with Crippen molar-refractivity contribution >= 4 is 0 Å². The molecule has 0 spiro atoms. The van der Waals surface area contributed by atoms with E-state index in [0.717, 1.165) is 38.3 Å². The van der Waals surface area contributed by atoms with Gasteiger partial charge in [0.1, 0.15) is 5.75 Å². The van der Waals surface area contributed by atoms with Gasteiger partial charge in [0, 0.05) is 19.5 Å². The van der Waals surface area contributed by atoms with E-state index in [-0.39, 0.29) is 0 Å². The Labute approximate surface area is 120 Å². The second-order valence-electron chi connectivity index (χ2n) is 5.27. The summed E-state index contributed by atoms with van der Waals surface area (Å²) in [7, 11) is 0. The first-order valence-electron chi connectivity index (χ1n) is 7.39.